The molecule has 0 spiro atoms. The Balaban J connectivity index is 1.98. The molecule has 19 heavy (non-hydrogen) atoms. The standard InChI is InChI=1S/C17H22O2/c1-13(2)10-11-15(18)12-19-17-9-5-7-14-6-3-4-8-16(14)17/h3-9,13,15,18H,10-12H2,1-2H3. The van der Waals surface area contributed by atoms with Crippen LogP contribution in [0.4, 0.5) is 0 Å². The van der Waals surface area contributed by atoms with E-state index in [1.54, 1.807) is 0 Å². The number of fused-ring (bicyclic) bond motifs is 1. The summed E-state index contributed by atoms with van der Waals surface area (Å²) >= 11 is 0. The van der Waals surface area contributed by atoms with Crippen LogP contribution in [0, 0.1) is 5.92 Å². The van der Waals surface area contributed by atoms with Crippen LogP contribution in [0.5, 0.6) is 5.75 Å². The van der Waals surface area contributed by atoms with Gasteiger partial charge in [0.15, 0.2) is 0 Å². The molecule has 2 nitrogen and oxygen atoms in total. The van der Waals surface area contributed by atoms with Crippen molar-refractivity contribution in [3.05, 3.63) is 42.5 Å². The van der Waals surface area contributed by atoms with Gasteiger partial charge in [0, 0.05) is 5.39 Å². The first kappa shape index (κ1) is 13.9. The number of aliphatic hydroxyl groups is 1. The number of aliphatic hydroxyl groups excluding tert-OH is 1. The minimum Gasteiger partial charge on any atom is -0.490 e. The van der Waals surface area contributed by atoms with Crippen LogP contribution < -0.4 is 4.74 Å². The fourth-order valence-electron chi connectivity index (χ4n) is 2.12. The van der Waals surface area contributed by atoms with Crippen molar-refractivity contribution >= 4 is 10.8 Å². The Labute approximate surface area is 115 Å². The van der Waals surface area contributed by atoms with Gasteiger partial charge in [-0.05, 0) is 30.2 Å². The molecule has 0 aliphatic rings. The van der Waals surface area contributed by atoms with Crippen molar-refractivity contribution in [3.63, 3.8) is 0 Å². The SMILES string of the molecule is CC(C)CCC(O)COc1cccc2ccccc12. The molecule has 0 heterocycles. The topological polar surface area (TPSA) is 29.5 Å². The molecule has 0 bridgehead atoms. The quantitative estimate of drug-likeness (QED) is 0.848. The summed E-state index contributed by atoms with van der Waals surface area (Å²) in [7, 11) is 0. The maximum absolute atomic E-state index is 9.91. The first-order chi connectivity index (χ1) is 9.16. The molecule has 2 aromatic carbocycles. The van der Waals surface area contributed by atoms with Gasteiger partial charge in [-0.25, -0.2) is 0 Å². The van der Waals surface area contributed by atoms with E-state index < -0.39 is 0 Å². The molecule has 0 fully saturated rings. The van der Waals surface area contributed by atoms with Gasteiger partial charge in [0.1, 0.15) is 12.4 Å². The summed E-state index contributed by atoms with van der Waals surface area (Å²) in [5, 5.41) is 12.2. The molecule has 2 heteroatoms. The lowest BCUT2D eigenvalue weighted by Crippen LogP contribution is -2.18. The van der Waals surface area contributed by atoms with Crippen molar-refractivity contribution in [2.45, 2.75) is 32.8 Å². The fourth-order valence-corrected chi connectivity index (χ4v) is 2.12. The van der Waals surface area contributed by atoms with Gasteiger partial charge in [-0.1, -0.05) is 50.2 Å². The molecule has 0 saturated heterocycles. The van der Waals surface area contributed by atoms with Crippen molar-refractivity contribution in [2.24, 2.45) is 5.92 Å². The van der Waals surface area contributed by atoms with Crippen molar-refractivity contribution in [1.29, 1.82) is 0 Å². The number of hydrogen-bond acceptors (Lipinski definition) is 2. The third kappa shape index (κ3) is 3.97. The van der Waals surface area contributed by atoms with Crippen molar-refractivity contribution in [3.8, 4) is 5.75 Å². The van der Waals surface area contributed by atoms with Gasteiger partial charge in [-0.15, -0.1) is 0 Å². The molecule has 0 saturated carbocycles. The Hall–Kier alpha value is -1.54. The van der Waals surface area contributed by atoms with Crippen LogP contribution in [0.3, 0.4) is 0 Å². The Kier molecular flexibility index (Phi) is 4.80. The molecule has 2 rings (SSSR count). The lowest BCUT2D eigenvalue weighted by Gasteiger charge is -2.14. The van der Waals surface area contributed by atoms with E-state index in [4.69, 9.17) is 4.74 Å². The Bertz CT molecular complexity index is 514. The minimum absolute atomic E-state index is 0.362. The smallest absolute Gasteiger partial charge is 0.127 e. The second-order valence-corrected chi connectivity index (χ2v) is 5.41. The summed E-state index contributed by atoms with van der Waals surface area (Å²) in [6, 6.07) is 14.1. The van der Waals surface area contributed by atoms with Crippen LogP contribution in [-0.4, -0.2) is 17.8 Å². The lowest BCUT2D eigenvalue weighted by molar-refractivity contribution is 0.0958. The third-order valence-electron chi connectivity index (χ3n) is 3.26. The molecule has 0 radical (unpaired) electrons. The van der Waals surface area contributed by atoms with Gasteiger partial charge in [-0.3, -0.25) is 0 Å². The largest absolute Gasteiger partial charge is 0.490 e. The number of ether oxygens (including phenoxy) is 1. The van der Waals surface area contributed by atoms with E-state index in [-0.39, 0.29) is 6.10 Å². The monoisotopic (exact) mass is 258 g/mol. The number of hydrogen-bond donors (Lipinski definition) is 1. The average molecular weight is 258 g/mol. The molecule has 1 atom stereocenters. The summed E-state index contributed by atoms with van der Waals surface area (Å²) in [5.41, 5.74) is 0. The van der Waals surface area contributed by atoms with Crippen LogP contribution >= 0.6 is 0 Å². The first-order valence-electron chi connectivity index (χ1n) is 6.95. The predicted molar refractivity (Wildman–Crippen MR) is 79.5 cm³/mol. The van der Waals surface area contributed by atoms with Gasteiger partial charge >= 0.3 is 0 Å². The molecule has 1 unspecified atom stereocenters. The van der Waals surface area contributed by atoms with E-state index in [1.807, 2.05) is 30.3 Å². The second-order valence-electron chi connectivity index (χ2n) is 5.41. The second kappa shape index (κ2) is 6.58. The summed E-state index contributed by atoms with van der Waals surface area (Å²) < 4.78 is 5.76. The summed E-state index contributed by atoms with van der Waals surface area (Å²) in [6.07, 6.45) is 1.43. The number of benzene rings is 2. The molecule has 0 aliphatic carbocycles. The lowest BCUT2D eigenvalue weighted by atomic mass is 10.1. The molecular formula is C17H22O2. The summed E-state index contributed by atoms with van der Waals surface area (Å²) in [6.45, 7) is 4.69. The Morgan fingerprint density at radius 1 is 1.00 bits per heavy atom. The zero-order chi connectivity index (χ0) is 13.7. The molecular weight excluding hydrogens is 236 g/mol. The molecule has 0 amide bonds. The van der Waals surface area contributed by atoms with Gasteiger partial charge < -0.3 is 9.84 Å². The highest BCUT2D eigenvalue weighted by molar-refractivity contribution is 5.88. The van der Waals surface area contributed by atoms with Crippen LogP contribution in [0.1, 0.15) is 26.7 Å². The van der Waals surface area contributed by atoms with E-state index in [2.05, 4.69) is 26.0 Å². The van der Waals surface area contributed by atoms with Crippen LogP contribution in [-0.2, 0) is 0 Å². The highest BCUT2D eigenvalue weighted by atomic mass is 16.5. The molecule has 2 aromatic rings. The van der Waals surface area contributed by atoms with Crippen LogP contribution in [0.2, 0.25) is 0 Å². The first-order valence-corrected chi connectivity index (χ1v) is 6.95. The van der Waals surface area contributed by atoms with Crippen molar-refractivity contribution in [2.75, 3.05) is 6.61 Å². The van der Waals surface area contributed by atoms with E-state index in [1.165, 1.54) is 0 Å². The minimum atomic E-state index is -0.388. The Morgan fingerprint density at radius 2 is 1.74 bits per heavy atom. The highest BCUT2D eigenvalue weighted by Crippen LogP contribution is 2.25. The molecule has 0 aromatic heterocycles. The third-order valence-corrected chi connectivity index (χ3v) is 3.26. The molecule has 0 aliphatic heterocycles. The zero-order valence-electron chi connectivity index (χ0n) is 11.7. The van der Waals surface area contributed by atoms with Gasteiger partial charge in [0.2, 0.25) is 0 Å². The van der Waals surface area contributed by atoms with Crippen LogP contribution in [0.25, 0.3) is 10.8 Å². The maximum Gasteiger partial charge on any atom is 0.127 e. The van der Waals surface area contributed by atoms with Crippen molar-refractivity contribution < 1.29 is 9.84 Å². The van der Waals surface area contributed by atoms with E-state index in [9.17, 15) is 5.11 Å². The molecule has 102 valence electrons. The Morgan fingerprint density at radius 3 is 2.53 bits per heavy atom. The van der Waals surface area contributed by atoms with E-state index in [0.29, 0.717) is 12.5 Å². The highest BCUT2D eigenvalue weighted by Gasteiger charge is 2.08. The van der Waals surface area contributed by atoms with Gasteiger partial charge in [0.25, 0.3) is 0 Å². The summed E-state index contributed by atoms with van der Waals surface area (Å²) in [5.74, 6) is 1.47. The predicted octanol–water partition coefficient (Wildman–Crippen LogP) is 4.02. The fraction of sp³-hybridized carbons (Fsp3) is 0.412. The average Bonchev–Trinajstić information content (AvgIpc) is 2.42. The van der Waals surface area contributed by atoms with E-state index in [0.717, 1.165) is 29.4 Å². The van der Waals surface area contributed by atoms with Crippen molar-refractivity contribution in [1.82, 2.24) is 0 Å². The van der Waals surface area contributed by atoms with Gasteiger partial charge in [-0.2, -0.15) is 0 Å². The van der Waals surface area contributed by atoms with Crippen LogP contribution in [0.15, 0.2) is 42.5 Å². The normalized spacial score (nSPS) is 12.8. The zero-order valence-corrected chi connectivity index (χ0v) is 11.7. The molecule has 1 N–H and O–H groups in total. The maximum atomic E-state index is 9.91. The number of rotatable bonds is 6. The van der Waals surface area contributed by atoms with E-state index >= 15 is 0 Å². The summed E-state index contributed by atoms with van der Waals surface area (Å²) in [4.78, 5) is 0. The van der Waals surface area contributed by atoms with Gasteiger partial charge in [0.05, 0.1) is 6.10 Å².